The van der Waals surface area contributed by atoms with Crippen molar-refractivity contribution in [1.82, 2.24) is 20.0 Å². The van der Waals surface area contributed by atoms with Gasteiger partial charge in [-0.1, -0.05) is 12.1 Å². The summed E-state index contributed by atoms with van der Waals surface area (Å²) >= 11 is 0. The average Bonchev–Trinajstić information content (AvgIpc) is 3.28. The minimum atomic E-state index is -4.75. The van der Waals surface area contributed by atoms with Crippen LogP contribution in [0.3, 0.4) is 0 Å². The van der Waals surface area contributed by atoms with Gasteiger partial charge >= 0.3 is 6.36 Å². The smallest absolute Gasteiger partial charge is 0.406 e. The number of nitrogens with zero attached hydrogens (tertiary/aromatic N) is 3. The second-order valence-corrected chi connectivity index (χ2v) is 5.87. The third-order valence-electron chi connectivity index (χ3n) is 3.71. The lowest BCUT2D eigenvalue weighted by atomic mass is 10.2. The Morgan fingerprint density at radius 1 is 1.25 bits per heavy atom. The van der Waals surface area contributed by atoms with Crippen molar-refractivity contribution in [2.45, 2.75) is 26.3 Å². The van der Waals surface area contributed by atoms with E-state index in [0.717, 1.165) is 6.42 Å². The SMILES string of the molecule is CCCNC(=O)Cn1cccc1-c1nc(-c2ccc(OC(F)(F)F)cc2)no1. The van der Waals surface area contributed by atoms with Crippen molar-refractivity contribution < 1.29 is 27.2 Å². The molecule has 28 heavy (non-hydrogen) atoms. The van der Waals surface area contributed by atoms with Gasteiger partial charge in [-0.2, -0.15) is 4.98 Å². The first-order chi connectivity index (χ1) is 13.4. The summed E-state index contributed by atoms with van der Waals surface area (Å²) < 4.78 is 47.4. The summed E-state index contributed by atoms with van der Waals surface area (Å²) in [5.74, 6) is -0.0816. The van der Waals surface area contributed by atoms with Gasteiger partial charge in [-0.05, 0) is 42.8 Å². The van der Waals surface area contributed by atoms with Crippen molar-refractivity contribution >= 4 is 5.91 Å². The molecule has 0 spiro atoms. The van der Waals surface area contributed by atoms with Gasteiger partial charge in [0.2, 0.25) is 11.7 Å². The minimum absolute atomic E-state index is 0.101. The molecular formula is C18H17F3N4O3. The van der Waals surface area contributed by atoms with E-state index in [1.54, 1.807) is 22.9 Å². The van der Waals surface area contributed by atoms with Gasteiger partial charge < -0.3 is 19.1 Å². The number of halogens is 3. The zero-order chi connectivity index (χ0) is 20.1. The first-order valence-electron chi connectivity index (χ1n) is 8.48. The molecule has 1 amide bonds. The molecule has 3 aromatic rings. The molecule has 3 rings (SSSR count). The molecule has 0 saturated carbocycles. The highest BCUT2D eigenvalue weighted by atomic mass is 19.4. The van der Waals surface area contributed by atoms with Crippen LogP contribution in [0.25, 0.3) is 23.0 Å². The standard InChI is InChI=1S/C18H17F3N4O3/c1-2-9-22-15(26)11-25-10-3-4-14(25)17-23-16(24-28-17)12-5-7-13(8-6-12)27-18(19,20)21/h3-8,10H,2,9,11H2,1H3,(H,22,26). The number of amides is 1. The Hall–Kier alpha value is -3.30. The van der Waals surface area contributed by atoms with Crippen LogP contribution in [-0.4, -0.2) is 33.5 Å². The van der Waals surface area contributed by atoms with E-state index in [1.165, 1.54) is 24.3 Å². The zero-order valence-electron chi connectivity index (χ0n) is 14.9. The molecule has 0 saturated heterocycles. The van der Waals surface area contributed by atoms with E-state index in [4.69, 9.17) is 4.52 Å². The van der Waals surface area contributed by atoms with Gasteiger partial charge in [0.1, 0.15) is 18.0 Å². The van der Waals surface area contributed by atoms with Gasteiger partial charge in [-0.25, -0.2) is 0 Å². The monoisotopic (exact) mass is 394 g/mol. The number of hydrogen-bond acceptors (Lipinski definition) is 5. The Labute approximate surface area is 158 Å². The van der Waals surface area contributed by atoms with Gasteiger partial charge in [0.25, 0.3) is 5.89 Å². The summed E-state index contributed by atoms with van der Waals surface area (Å²) in [5, 5.41) is 6.64. The molecule has 1 N–H and O–H groups in total. The largest absolute Gasteiger partial charge is 0.573 e. The number of aromatic nitrogens is 3. The molecule has 0 aliphatic rings. The highest BCUT2D eigenvalue weighted by Crippen LogP contribution is 2.27. The Morgan fingerprint density at radius 2 is 2.00 bits per heavy atom. The number of hydrogen-bond donors (Lipinski definition) is 1. The van der Waals surface area contributed by atoms with Gasteiger partial charge in [0.15, 0.2) is 0 Å². The van der Waals surface area contributed by atoms with Crippen molar-refractivity contribution in [2.75, 3.05) is 6.54 Å². The van der Waals surface area contributed by atoms with Crippen LogP contribution >= 0.6 is 0 Å². The number of nitrogens with one attached hydrogen (secondary N) is 1. The van der Waals surface area contributed by atoms with Gasteiger partial charge in [-0.15, -0.1) is 13.2 Å². The number of ether oxygens (including phenoxy) is 1. The lowest BCUT2D eigenvalue weighted by Crippen LogP contribution is -2.28. The van der Waals surface area contributed by atoms with E-state index in [2.05, 4.69) is 20.2 Å². The zero-order valence-corrected chi connectivity index (χ0v) is 14.9. The van der Waals surface area contributed by atoms with Gasteiger partial charge in [0, 0.05) is 18.3 Å². The van der Waals surface area contributed by atoms with E-state index in [1.807, 2.05) is 6.92 Å². The fraction of sp³-hybridized carbons (Fsp3) is 0.278. The van der Waals surface area contributed by atoms with Crippen LogP contribution in [0.1, 0.15) is 13.3 Å². The van der Waals surface area contributed by atoms with Crippen LogP contribution < -0.4 is 10.1 Å². The summed E-state index contributed by atoms with van der Waals surface area (Å²) in [6.45, 7) is 2.65. The predicted molar refractivity (Wildman–Crippen MR) is 93.1 cm³/mol. The Morgan fingerprint density at radius 3 is 2.68 bits per heavy atom. The molecule has 7 nitrogen and oxygen atoms in total. The molecule has 0 bridgehead atoms. The van der Waals surface area contributed by atoms with Crippen LogP contribution in [-0.2, 0) is 11.3 Å². The number of carbonyl (C=O) groups excluding carboxylic acids is 1. The molecule has 1 aromatic carbocycles. The van der Waals surface area contributed by atoms with Gasteiger partial charge in [0.05, 0.1) is 0 Å². The lowest BCUT2D eigenvalue weighted by Gasteiger charge is -2.08. The highest BCUT2D eigenvalue weighted by molar-refractivity contribution is 5.76. The first kappa shape index (κ1) is 19.5. The molecule has 148 valence electrons. The second kappa shape index (κ2) is 8.15. The Kier molecular flexibility index (Phi) is 5.67. The summed E-state index contributed by atoms with van der Waals surface area (Å²) in [4.78, 5) is 16.2. The molecule has 0 atom stereocenters. The molecule has 2 heterocycles. The normalized spacial score (nSPS) is 11.4. The third-order valence-corrected chi connectivity index (χ3v) is 3.71. The fourth-order valence-electron chi connectivity index (χ4n) is 2.47. The topological polar surface area (TPSA) is 82.2 Å². The molecular weight excluding hydrogens is 377 g/mol. The van der Waals surface area contributed by atoms with E-state index < -0.39 is 6.36 Å². The second-order valence-electron chi connectivity index (χ2n) is 5.87. The Balaban J connectivity index is 1.74. The van der Waals surface area contributed by atoms with Crippen molar-refractivity contribution in [2.24, 2.45) is 0 Å². The lowest BCUT2D eigenvalue weighted by molar-refractivity contribution is -0.274. The first-order valence-corrected chi connectivity index (χ1v) is 8.48. The summed E-state index contributed by atoms with van der Waals surface area (Å²) in [5.41, 5.74) is 1.02. The van der Waals surface area contributed by atoms with Gasteiger partial charge in [-0.3, -0.25) is 4.79 Å². The molecule has 0 unspecified atom stereocenters. The minimum Gasteiger partial charge on any atom is -0.406 e. The molecule has 0 aliphatic carbocycles. The fourth-order valence-corrected chi connectivity index (χ4v) is 2.47. The van der Waals surface area contributed by atoms with Crippen molar-refractivity contribution in [3.8, 4) is 28.7 Å². The maximum absolute atomic E-state index is 12.2. The predicted octanol–water partition coefficient (Wildman–Crippen LogP) is 3.63. The Bertz CT molecular complexity index is 932. The summed E-state index contributed by atoms with van der Waals surface area (Å²) in [7, 11) is 0. The summed E-state index contributed by atoms with van der Waals surface area (Å²) in [6.07, 6.45) is -2.20. The number of rotatable bonds is 7. The van der Waals surface area contributed by atoms with Crippen LogP contribution in [0.4, 0.5) is 13.2 Å². The van der Waals surface area contributed by atoms with E-state index in [0.29, 0.717) is 17.8 Å². The quantitative estimate of drug-likeness (QED) is 0.662. The van der Waals surface area contributed by atoms with Crippen molar-refractivity contribution in [3.63, 3.8) is 0 Å². The molecule has 0 radical (unpaired) electrons. The van der Waals surface area contributed by atoms with Crippen molar-refractivity contribution in [1.29, 1.82) is 0 Å². The molecule has 0 aliphatic heterocycles. The van der Waals surface area contributed by atoms with Crippen LogP contribution in [0.15, 0.2) is 47.1 Å². The molecule has 0 fully saturated rings. The average molecular weight is 394 g/mol. The third kappa shape index (κ3) is 4.90. The number of alkyl halides is 3. The highest BCUT2D eigenvalue weighted by Gasteiger charge is 2.31. The molecule has 2 aromatic heterocycles. The van der Waals surface area contributed by atoms with Crippen LogP contribution in [0.2, 0.25) is 0 Å². The van der Waals surface area contributed by atoms with Crippen molar-refractivity contribution in [3.05, 3.63) is 42.6 Å². The maximum atomic E-state index is 12.2. The maximum Gasteiger partial charge on any atom is 0.573 e. The van der Waals surface area contributed by atoms with Crippen LogP contribution in [0, 0.1) is 0 Å². The van der Waals surface area contributed by atoms with E-state index >= 15 is 0 Å². The van der Waals surface area contributed by atoms with Crippen LogP contribution in [0.5, 0.6) is 5.75 Å². The number of carbonyl (C=O) groups is 1. The van der Waals surface area contributed by atoms with E-state index in [9.17, 15) is 18.0 Å². The van der Waals surface area contributed by atoms with E-state index in [-0.39, 0.29) is 29.9 Å². The summed E-state index contributed by atoms with van der Waals surface area (Å²) in [6, 6.07) is 8.60. The number of benzene rings is 1. The molecule has 10 heteroatoms.